The highest BCUT2D eigenvalue weighted by Crippen LogP contribution is 2.64. The number of anilines is 1. The minimum Gasteiger partial charge on any atom is -0.353 e. The van der Waals surface area contributed by atoms with Gasteiger partial charge in [-0.25, -0.2) is 0 Å². The molecule has 2 aromatic rings. The quantitative estimate of drug-likeness (QED) is 0.606. The molecule has 0 saturated carbocycles. The summed E-state index contributed by atoms with van der Waals surface area (Å²) in [7, 11) is -3.37. The number of fused-ring (bicyclic) bond motifs is 1. The van der Waals surface area contributed by atoms with Crippen LogP contribution in [0.3, 0.4) is 0 Å². The molecule has 2 aromatic carbocycles. The highest BCUT2D eigenvalue weighted by molar-refractivity contribution is 7.54. The van der Waals surface area contributed by atoms with Gasteiger partial charge in [0.2, 0.25) is 0 Å². The third kappa shape index (κ3) is 3.78. The lowest BCUT2D eigenvalue weighted by Gasteiger charge is -2.41. The van der Waals surface area contributed by atoms with Gasteiger partial charge in [0.1, 0.15) is 0 Å². The van der Waals surface area contributed by atoms with Gasteiger partial charge in [-0.05, 0) is 55.7 Å². The van der Waals surface area contributed by atoms with E-state index in [2.05, 4.69) is 11.0 Å². The molecule has 3 rings (SSSR count). The first-order valence-electron chi connectivity index (χ1n) is 8.58. The lowest BCUT2D eigenvalue weighted by atomic mass is 9.99. The molecule has 0 amide bonds. The Morgan fingerprint density at radius 3 is 2.36 bits per heavy atom. The van der Waals surface area contributed by atoms with Crippen molar-refractivity contribution in [2.75, 3.05) is 24.7 Å². The van der Waals surface area contributed by atoms with E-state index < -0.39 is 13.4 Å². The zero-order valence-corrected chi connectivity index (χ0v) is 16.2. The van der Waals surface area contributed by atoms with Gasteiger partial charge in [-0.2, -0.15) is 0 Å². The molecule has 1 aliphatic heterocycles. The van der Waals surface area contributed by atoms with Crippen molar-refractivity contribution in [2.24, 2.45) is 0 Å². The minimum absolute atomic E-state index is 0.338. The smallest absolute Gasteiger partial charge is 0.353 e. The average Bonchev–Trinajstić information content (AvgIpc) is 2.62. The second kappa shape index (κ2) is 7.92. The number of benzene rings is 2. The summed E-state index contributed by atoms with van der Waals surface area (Å²) >= 11 is 6.03. The lowest BCUT2D eigenvalue weighted by Crippen LogP contribution is -2.36. The molecule has 0 spiro atoms. The zero-order valence-electron chi connectivity index (χ0n) is 14.5. The molecular weight excluding hydrogens is 357 g/mol. The van der Waals surface area contributed by atoms with Crippen molar-refractivity contribution in [1.82, 2.24) is 0 Å². The third-order valence-corrected chi connectivity index (χ3v) is 6.97. The van der Waals surface area contributed by atoms with Crippen molar-refractivity contribution in [3.05, 3.63) is 64.7 Å². The molecule has 1 aliphatic rings. The van der Waals surface area contributed by atoms with Crippen molar-refractivity contribution in [3.63, 3.8) is 0 Å². The van der Waals surface area contributed by atoms with Gasteiger partial charge in [0.15, 0.2) is 5.78 Å². The third-order valence-electron chi connectivity index (χ3n) is 4.33. The maximum atomic E-state index is 13.7. The maximum absolute atomic E-state index is 13.7. The average molecular weight is 380 g/mol. The standard InChI is InChI=1S/C19H23ClNO3P/c1-3-23-25(22,24-4-2)19-18-8-6-5-7-15(18)13-14-21(19)17-11-9-16(20)10-12-17/h5-12,19H,3-4,13-14H2,1-2H3. The number of halogens is 1. The fraction of sp³-hybridized carbons (Fsp3) is 0.368. The summed E-state index contributed by atoms with van der Waals surface area (Å²) in [5, 5.41) is 0.676. The van der Waals surface area contributed by atoms with Crippen LogP contribution in [-0.4, -0.2) is 19.8 Å². The highest BCUT2D eigenvalue weighted by Gasteiger charge is 2.44. The molecular formula is C19H23ClNO3P. The van der Waals surface area contributed by atoms with Crippen LogP contribution in [0.25, 0.3) is 0 Å². The molecule has 0 aromatic heterocycles. The Balaban J connectivity index is 2.11. The molecule has 0 N–H and O–H groups in total. The Morgan fingerprint density at radius 1 is 1.08 bits per heavy atom. The van der Waals surface area contributed by atoms with E-state index >= 15 is 0 Å². The lowest BCUT2D eigenvalue weighted by molar-refractivity contribution is 0.210. The first kappa shape index (κ1) is 18.5. The Morgan fingerprint density at radius 2 is 1.72 bits per heavy atom. The Labute approximate surface area is 154 Å². The number of rotatable bonds is 6. The first-order valence-corrected chi connectivity index (χ1v) is 10.6. The summed E-state index contributed by atoms with van der Waals surface area (Å²) in [5.41, 5.74) is 3.16. The van der Waals surface area contributed by atoms with E-state index in [-0.39, 0.29) is 0 Å². The van der Waals surface area contributed by atoms with Crippen LogP contribution in [0.15, 0.2) is 48.5 Å². The van der Waals surface area contributed by atoms with Crippen LogP contribution >= 0.6 is 19.2 Å². The molecule has 25 heavy (non-hydrogen) atoms. The van der Waals surface area contributed by atoms with Crippen LogP contribution in [0.1, 0.15) is 30.8 Å². The van der Waals surface area contributed by atoms with Gasteiger partial charge < -0.3 is 13.9 Å². The van der Waals surface area contributed by atoms with Crippen molar-refractivity contribution in [3.8, 4) is 0 Å². The van der Waals surface area contributed by atoms with Crippen molar-refractivity contribution in [2.45, 2.75) is 26.1 Å². The molecule has 0 radical (unpaired) electrons. The summed E-state index contributed by atoms with van der Waals surface area (Å²) in [5.74, 6) is -0.460. The maximum Gasteiger partial charge on any atom is 0.357 e. The van der Waals surface area contributed by atoms with Gasteiger partial charge in [0, 0.05) is 17.3 Å². The van der Waals surface area contributed by atoms with Gasteiger partial charge in [-0.15, -0.1) is 0 Å². The van der Waals surface area contributed by atoms with Crippen LogP contribution in [0, 0.1) is 0 Å². The van der Waals surface area contributed by atoms with E-state index in [1.165, 1.54) is 5.56 Å². The van der Waals surface area contributed by atoms with E-state index in [1.807, 2.05) is 56.3 Å². The molecule has 0 bridgehead atoms. The number of nitrogens with zero attached hydrogens (tertiary/aromatic N) is 1. The van der Waals surface area contributed by atoms with E-state index in [0.717, 1.165) is 24.2 Å². The van der Waals surface area contributed by atoms with Crippen molar-refractivity contribution in [1.29, 1.82) is 0 Å². The fourth-order valence-corrected chi connectivity index (χ4v) is 5.71. The monoisotopic (exact) mass is 379 g/mol. The topological polar surface area (TPSA) is 38.8 Å². The van der Waals surface area contributed by atoms with Gasteiger partial charge in [-0.1, -0.05) is 35.9 Å². The highest BCUT2D eigenvalue weighted by atomic mass is 35.5. The largest absolute Gasteiger partial charge is 0.357 e. The second-order valence-electron chi connectivity index (χ2n) is 5.87. The fourth-order valence-electron chi connectivity index (χ4n) is 3.33. The molecule has 134 valence electrons. The summed E-state index contributed by atoms with van der Waals surface area (Å²) < 4.78 is 25.1. The second-order valence-corrected chi connectivity index (χ2v) is 8.39. The Hall–Kier alpha value is -1.32. The van der Waals surface area contributed by atoms with Crippen LogP contribution in [0.5, 0.6) is 0 Å². The predicted octanol–water partition coefficient (Wildman–Crippen LogP) is 5.67. The normalized spacial score (nSPS) is 17.4. The molecule has 0 fully saturated rings. The van der Waals surface area contributed by atoms with Gasteiger partial charge >= 0.3 is 7.60 Å². The van der Waals surface area contributed by atoms with Crippen molar-refractivity contribution >= 4 is 24.9 Å². The zero-order chi connectivity index (χ0) is 17.9. The van der Waals surface area contributed by atoms with Crippen LogP contribution < -0.4 is 4.90 Å². The SMILES string of the molecule is CCOP(=O)(OCC)C1c2ccccc2CCN1c1ccc(Cl)cc1. The number of hydrogen-bond acceptors (Lipinski definition) is 4. The first-order chi connectivity index (χ1) is 12.1. The molecule has 1 atom stereocenters. The summed E-state index contributed by atoms with van der Waals surface area (Å²) in [6.07, 6.45) is 0.882. The minimum atomic E-state index is -3.37. The predicted molar refractivity (Wildman–Crippen MR) is 103 cm³/mol. The van der Waals surface area contributed by atoms with Crippen LogP contribution in [0.4, 0.5) is 5.69 Å². The van der Waals surface area contributed by atoms with E-state index in [4.69, 9.17) is 20.6 Å². The molecule has 4 nitrogen and oxygen atoms in total. The molecule has 1 unspecified atom stereocenters. The van der Waals surface area contributed by atoms with E-state index in [1.54, 1.807) is 0 Å². The molecule has 0 aliphatic carbocycles. The van der Waals surface area contributed by atoms with Gasteiger partial charge in [-0.3, -0.25) is 4.57 Å². The molecule has 6 heteroatoms. The molecule has 1 heterocycles. The number of hydrogen-bond donors (Lipinski definition) is 0. The van der Waals surface area contributed by atoms with Crippen LogP contribution in [0.2, 0.25) is 5.02 Å². The Kier molecular flexibility index (Phi) is 5.85. The Bertz CT molecular complexity index is 756. The van der Waals surface area contributed by atoms with Gasteiger partial charge in [0.25, 0.3) is 0 Å². The van der Waals surface area contributed by atoms with Crippen LogP contribution in [-0.2, 0) is 20.0 Å². The summed E-state index contributed by atoms with van der Waals surface area (Å²) in [4.78, 5) is 2.12. The molecule has 0 saturated heterocycles. The van der Waals surface area contributed by atoms with E-state index in [9.17, 15) is 4.57 Å². The van der Waals surface area contributed by atoms with Crippen molar-refractivity contribution < 1.29 is 13.6 Å². The summed E-state index contributed by atoms with van der Waals surface area (Å²) in [6.45, 7) is 5.10. The van der Waals surface area contributed by atoms with Gasteiger partial charge in [0.05, 0.1) is 13.2 Å². The summed E-state index contributed by atoms with van der Waals surface area (Å²) in [6, 6.07) is 15.7. The van der Waals surface area contributed by atoms with E-state index in [0.29, 0.717) is 18.2 Å².